The minimum Gasteiger partial charge on any atom is -0.368 e. The Hall–Kier alpha value is -1.92. The molecular formula is C18H21BrN4O. The molecule has 6 heteroatoms. The third-order valence-electron chi connectivity index (χ3n) is 4.26. The Bertz CT molecular complexity index is 724. The molecule has 1 amide bonds. The Morgan fingerprint density at radius 1 is 1.17 bits per heavy atom. The van der Waals surface area contributed by atoms with Crippen LogP contribution in [0.25, 0.3) is 0 Å². The third kappa shape index (κ3) is 3.94. The van der Waals surface area contributed by atoms with E-state index in [1.807, 2.05) is 31.2 Å². The van der Waals surface area contributed by atoms with Gasteiger partial charge in [0.2, 0.25) is 0 Å². The van der Waals surface area contributed by atoms with E-state index >= 15 is 0 Å². The van der Waals surface area contributed by atoms with E-state index in [1.54, 1.807) is 12.3 Å². The first-order chi connectivity index (χ1) is 11.5. The average Bonchev–Trinajstić information content (AvgIpc) is 2.59. The van der Waals surface area contributed by atoms with E-state index in [2.05, 4.69) is 43.1 Å². The van der Waals surface area contributed by atoms with Crippen molar-refractivity contribution >= 4 is 33.2 Å². The van der Waals surface area contributed by atoms with Crippen molar-refractivity contribution in [3.05, 3.63) is 52.3 Å². The van der Waals surface area contributed by atoms with Crippen LogP contribution in [0, 0.1) is 6.92 Å². The maximum atomic E-state index is 12.3. The number of pyridine rings is 1. The van der Waals surface area contributed by atoms with Gasteiger partial charge < -0.3 is 15.1 Å². The molecule has 0 radical (unpaired) electrons. The largest absolute Gasteiger partial charge is 0.368 e. The maximum Gasteiger partial charge on any atom is 0.274 e. The van der Waals surface area contributed by atoms with Gasteiger partial charge in [-0.15, -0.1) is 0 Å². The monoisotopic (exact) mass is 388 g/mol. The van der Waals surface area contributed by atoms with E-state index < -0.39 is 0 Å². The molecule has 2 heterocycles. The molecule has 1 aromatic heterocycles. The third-order valence-corrected chi connectivity index (χ3v) is 5.15. The summed E-state index contributed by atoms with van der Waals surface area (Å²) in [5, 5.41) is 2.89. The van der Waals surface area contributed by atoms with Gasteiger partial charge in [-0.3, -0.25) is 4.79 Å². The number of nitrogens with zero attached hydrogens (tertiary/aromatic N) is 3. The fourth-order valence-electron chi connectivity index (χ4n) is 2.69. The van der Waals surface area contributed by atoms with Crippen molar-refractivity contribution in [1.82, 2.24) is 9.88 Å². The molecule has 24 heavy (non-hydrogen) atoms. The van der Waals surface area contributed by atoms with Crippen LogP contribution in [0.1, 0.15) is 16.1 Å². The van der Waals surface area contributed by atoms with Gasteiger partial charge in [0, 0.05) is 36.3 Å². The zero-order valence-electron chi connectivity index (χ0n) is 13.9. The smallest absolute Gasteiger partial charge is 0.274 e. The van der Waals surface area contributed by atoms with Gasteiger partial charge in [0.15, 0.2) is 0 Å². The molecule has 126 valence electrons. The van der Waals surface area contributed by atoms with Crippen molar-refractivity contribution in [2.75, 3.05) is 43.4 Å². The molecule has 1 saturated heterocycles. The van der Waals surface area contributed by atoms with Crippen LogP contribution in [-0.2, 0) is 0 Å². The predicted octanol–water partition coefficient (Wildman–Crippen LogP) is 3.16. The molecule has 1 aliphatic heterocycles. The number of carbonyl (C=O) groups is 1. The van der Waals surface area contributed by atoms with Crippen LogP contribution in [-0.4, -0.2) is 49.0 Å². The quantitative estimate of drug-likeness (QED) is 0.876. The van der Waals surface area contributed by atoms with E-state index in [0.717, 1.165) is 47.6 Å². The molecule has 5 nitrogen and oxygen atoms in total. The second-order valence-electron chi connectivity index (χ2n) is 6.11. The van der Waals surface area contributed by atoms with E-state index in [-0.39, 0.29) is 5.91 Å². The molecule has 2 aromatic rings. The summed E-state index contributed by atoms with van der Waals surface area (Å²) in [6.45, 7) is 6.06. The van der Waals surface area contributed by atoms with Crippen LogP contribution < -0.4 is 10.2 Å². The highest BCUT2D eigenvalue weighted by atomic mass is 79.9. The van der Waals surface area contributed by atoms with Crippen molar-refractivity contribution in [2.45, 2.75) is 6.92 Å². The molecule has 0 bridgehead atoms. The number of hydrogen-bond donors (Lipinski definition) is 1. The first kappa shape index (κ1) is 16.9. The molecule has 0 atom stereocenters. The zero-order valence-corrected chi connectivity index (χ0v) is 15.5. The van der Waals surface area contributed by atoms with Gasteiger partial charge in [-0.1, -0.05) is 15.9 Å². The normalized spacial score (nSPS) is 15.4. The Labute approximate surface area is 150 Å². The van der Waals surface area contributed by atoms with Crippen LogP contribution in [0.15, 0.2) is 41.0 Å². The van der Waals surface area contributed by atoms with Gasteiger partial charge in [-0.05, 0) is 49.9 Å². The Kier molecular flexibility index (Phi) is 5.16. The molecule has 1 N–H and O–H groups in total. The fourth-order valence-corrected chi connectivity index (χ4v) is 2.94. The van der Waals surface area contributed by atoms with Gasteiger partial charge >= 0.3 is 0 Å². The van der Waals surface area contributed by atoms with Crippen LogP contribution in [0.2, 0.25) is 0 Å². The number of anilines is 2. The highest BCUT2D eigenvalue weighted by Gasteiger charge is 2.15. The number of aryl methyl sites for hydroxylation is 1. The van der Waals surface area contributed by atoms with E-state index in [0.29, 0.717) is 5.69 Å². The number of likely N-dealkylation sites (N-methyl/N-ethyl adjacent to an activating group) is 1. The molecule has 0 saturated carbocycles. The van der Waals surface area contributed by atoms with Crippen molar-refractivity contribution in [1.29, 1.82) is 0 Å². The molecule has 0 unspecified atom stereocenters. The number of aromatic nitrogens is 1. The number of halogens is 1. The number of carbonyl (C=O) groups excluding carboxylic acids is 1. The van der Waals surface area contributed by atoms with Crippen molar-refractivity contribution < 1.29 is 4.79 Å². The molecule has 1 fully saturated rings. The van der Waals surface area contributed by atoms with Crippen molar-refractivity contribution in [2.24, 2.45) is 0 Å². The summed E-state index contributed by atoms with van der Waals surface area (Å²) in [5.74, 6) is -0.193. The summed E-state index contributed by atoms with van der Waals surface area (Å²) in [6.07, 6.45) is 1.78. The number of nitrogens with one attached hydrogen (secondary N) is 1. The van der Waals surface area contributed by atoms with E-state index in [4.69, 9.17) is 0 Å². The number of amides is 1. The number of hydrogen-bond acceptors (Lipinski definition) is 4. The van der Waals surface area contributed by atoms with Crippen molar-refractivity contribution in [3.63, 3.8) is 0 Å². The summed E-state index contributed by atoms with van der Waals surface area (Å²) >= 11 is 3.46. The molecule has 0 aliphatic carbocycles. The van der Waals surface area contributed by atoms with Gasteiger partial charge in [-0.25, -0.2) is 4.98 Å². The van der Waals surface area contributed by atoms with E-state index in [1.165, 1.54) is 0 Å². The van der Waals surface area contributed by atoms with E-state index in [9.17, 15) is 4.79 Å². The minimum atomic E-state index is -0.193. The van der Waals surface area contributed by atoms with Crippen molar-refractivity contribution in [3.8, 4) is 0 Å². The fraction of sp³-hybridized carbons (Fsp3) is 0.333. The standard InChI is InChI=1S/C18H21BrN4O/c1-13-11-14(3-5-16(13)19)21-18(24)17-6-4-15(12-20-17)23-9-7-22(2)8-10-23/h3-6,11-12H,7-10H2,1-2H3,(H,21,24). The molecule has 1 aliphatic rings. The number of rotatable bonds is 3. The Balaban J connectivity index is 1.66. The lowest BCUT2D eigenvalue weighted by Gasteiger charge is -2.33. The summed E-state index contributed by atoms with van der Waals surface area (Å²) in [4.78, 5) is 21.3. The Morgan fingerprint density at radius 3 is 2.54 bits per heavy atom. The molecule has 3 rings (SSSR count). The first-order valence-corrected chi connectivity index (χ1v) is 8.79. The number of piperazine rings is 1. The average molecular weight is 389 g/mol. The number of benzene rings is 1. The highest BCUT2D eigenvalue weighted by molar-refractivity contribution is 9.10. The minimum absolute atomic E-state index is 0.193. The van der Waals surface area contributed by atoms with Gasteiger partial charge in [0.05, 0.1) is 11.9 Å². The van der Waals surface area contributed by atoms with Crippen LogP contribution >= 0.6 is 15.9 Å². The lowest BCUT2D eigenvalue weighted by molar-refractivity contribution is 0.102. The topological polar surface area (TPSA) is 48.5 Å². The van der Waals surface area contributed by atoms with Crippen LogP contribution in [0.4, 0.5) is 11.4 Å². The summed E-state index contributed by atoms with van der Waals surface area (Å²) in [7, 11) is 2.13. The predicted molar refractivity (Wildman–Crippen MR) is 101 cm³/mol. The van der Waals surface area contributed by atoms with Gasteiger partial charge in [-0.2, -0.15) is 0 Å². The highest BCUT2D eigenvalue weighted by Crippen LogP contribution is 2.21. The first-order valence-electron chi connectivity index (χ1n) is 8.00. The second kappa shape index (κ2) is 7.32. The zero-order chi connectivity index (χ0) is 17.1. The second-order valence-corrected chi connectivity index (χ2v) is 6.96. The van der Waals surface area contributed by atoms with Gasteiger partial charge in [0.25, 0.3) is 5.91 Å². The van der Waals surface area contributed by atoms with Gasteiger partial charge in [0.1, 0.15) is 5.69 Å². The molecule has 1 aromatic carbocycles. The molecular weight excluding hydrogens is 368 g/mol. The van der Waals surface area contributed by atoms with Crippen LogP contribution in [0.5, 0.6) is 0 Å². The summed E-state index contributed by atoms with van der Waals surface area (Å²) in [6, 6.07) is 9.48. The lowest BCUT2D eigenvalue weighted by Crippen LogP contribution is -2.44. The maximum absolute atomic E-state index is 12.3. The lowest BCUT2D eigenvalue weighted by atomic mass is 10.2. The Morgan fingerprint density at radius 2 is 1.92 bits per heavy atom. The molecule has 0 spiro atoms. The summed E-state index contributed by atoms with van der Waals surface area (Å²) in [5.41, 5.74) is 3.34. The SMILES string of the molecule is Cc1cc(NC(=O)c2ccc(N3CCN(C)CC3)cn2)ccc1Br. The van der Waals surface area contributed by atoms with Crippen LogP contribution in [0.3, 0.4) is 0 Å². The summed E-state index contributed by atoms with van der Waals surface area (Å²) < 4.78 is 1.02.